The second kappa shape index (κ2) is 8.22. The van der Waals surface area contributed by atoms with Gasteiger partial charge >= 0.3 is 5.97 Å². The van der Waals surface area contributed by atoms with Crippen molar-refractivity contribution in [2.75, 3.05) is 13.1 Å². The maximum absolute atomic E-state index is 10.9. The molecular formula is C20H21Cl2NO2S. The first kappa shape index (κ1) is 19.6. The van der Waals surface area contributed by atoms with Gasteiger partial charge in [-0.2, -0.15) is 0 Å². The summed E-state index contributed by atoms with van der Waals surface area (Å²) in [5, 5.41) is 10.1. The number of hydrogen-bond donors (Lipinski definition) is 1. The Morgan fingerprint density at radius 1 is 1.12 bits per heavy atom. The van der Waals surface area contributed by atoms with Gasteiger partial charge in [-0.1, -0.05) is 41.4 Å². The first-order valence-corrected chi connectivity index (χ1v) is 10.2. The molecule has 0 amide bonds. The van der Waals surface area contributed by atoms with E-state index >= 15 is 0 Å². The smallest absolute Gasteiger partial charge is 0.309 e. The highest BCUT2D eigenvalue weighted by Gasteiger charge is 2.32. The van der Waals surface area contributed by atoms with Crippen molar-refractivity contribution >= 4 is 40.9 Å². The normalized spacial score (nSPS) is 15.1. The van der Waals surface area contributed by atoms with E-state index in [-0.39, 0.29) is 5.92 Å². The number of aryl methyl sites for hydroxylation is 2. The van der Waals surface area contributed by atoms with E-state index in [0.29, 0.717) is 23.1 Å². The summed E-state index contributed by atoms with van der Waals surface area (Å²) in [6.07, 6.45) is 0. The Hall–Kier alpha value is -1.20. The molecule has 1 heterocycles. The van der Waals surface area contributed by atoms with E-state index in [1.807, 2.05) is 18.2 Å². The molecule has 0 bridgehead atoms. The molecule has 3 rings (SSSR count). The monoisotopic (exact) mass is 409 g/mol. The summed E-state index contributed by atoms with van der Waals surface area (Å²) < 4.78 is 0. The molecule has 1 fully saturated rings. The van der Waals surface area contributed by atoms with Crippen LogP contribution in [0.3, 0.4) is 0 Å². The fourth-order valence-corrected chi connectivity index (χ4v) is 4.64. The second-order valence-electron chi connectivity index (χ2n) is 6.83. The van der Waals surface area contributed by atoms with E-state index in [9.17, 15) is 4.79 Å². The molecule has 0 unspecified atom stereocenters. The van der Waals surface area contributed by atoms with Crippen molar-refractivity contribution in [2.45, 2.75) is 31.0 Å². The fourth-order valence-electron chi connectivity index (χ4n) is 3.26. The Labute approximate surface area is 168 Å². The number of hydrogen-bond acceptors (Lipinski definition) is 3. The Bertz CT molecular complexity index is 812. The number of carboxylic acids is 1. The van der Waals surface area contributed by atoms with Gasteiger partial charge in [0.15, 0.2) is 0 Å². The van der Waals surface area contributed by atoms with Crippen molar-refractivity contribution in [1.82, 2.24) is 4.90 Å². The number of nitrogens with zero attached hydrogens (tertiary/aromatic N) is 1. The van der Waals surface area contributed by atoms with Crippen molar-refractivity contribution < 1.29 is 9.90 Å². The topological polar surface area (TPSA) is 40.5 Å². The van der Waals surface area contributed by atoms with Crippen molar-refractivity contribution in [2.24, 2.45) is 5.92 Å². The van der Waals surface area contributed by atoms with Gasteiger partial charge < -0.3 is 5.11 Å². The molecule has 2 aromatic carbocycles. The average molecular weight is 410 g/mol. The van der Waals surface area contributed by atoms with Crippen LogP contribution in [-0.4, -0.2) is 29.1 Å². The lowest BCUT2D eigenvalue weighted by atomic mass is 9.98. The largest absolute Gasteiger partial charge is 0.481 e. The van der Waals surface area contributed by atoms with Crippen LogP contribution in [-0.2, 0) is 17.1 Å². The van der Waals surface area contributed by atoms with Crippen LogP contribution in [0.15, 0.2) is 35.2 Å². The molecule has 1 aliphatic heterocycles. The SMILES string of the molecule is Cc1cc(CN2CC(C(=O)O)C2)cc(C)c1SCc1ccc(Cl)c(Cl)c1. The summed E-state index contributed by atoms with van der Waals surface area (Å²) >= 11 is 13.9. The quantitative estimate of drug-likeness (QED) is 0.646. The van der Waals surface area contributed by atoms with Gasteiger partial charge in [-0.15, -0.1) is 11.8 Å². The summed E-state index contributed by atoms with van der Waals surface area (Å²) in [5.74, 6) is -0.0643. The number of rotatable bonds is 6. The minimum atomic E-state index is -0.692. The molecule has 138 valence electrons. The maximum atomic E-state index is 10.9. The fraction of sp³-hybridized carbons (Fsp3) is 0.350. The van der Waals surface area contributed by atoms with Gasteiger partial charge in [0.25, 0.3) is 0 Å². The summed E-state index contributed by atoms with van der Waals surface area (Å²) in [6, 6.07) is 10.2. The molecule has 3 nitrogen and oxygen atoms in total. The van der Waals surface area contributed by atoms with Crippen LogP contribution in [0.2, 0.25) is 10.0 Å². The molecule has 0 aliphatic carbocycles. The number of carboxylic acid groups (broad SMARTS) is 1. The van der Waals surface area contributed by atoms with Crippen LogP contribution >= 0.6 is 35.0 Å². The highest BCUT2D eigenvalue weighted by Crippen LogP contribution is 2.32. The lowest BCUT2D eigenvalue weighted by Gasteiger charge is -2.36. The number of aliphatic carboxylic acids is 1. The van der Waals surface area contributed by atoms with Crippen molar-refractivity contribution in [3.05, 3.63) is 62.6 Å². The maximum Gasteiger partial charge on any atom is 0.309 e. The van der Waals surface area contributed by atoms with Gasteiger partial charge in [0, 0.05) is 30.3 Å². The predicted molar refractivity (Wildman–Crippen MR) is 108 cm³/mol. The third-order valence-electron chi connectivity index (χ3n) is 4.60. The van der Waals surface area contributed by atoms with Crippen molar-refractivity contribution in [3.8, 4) is 0 Å². The molecule has 0 radical (unpaired) electrons. The van der Waals surface area contributed by atoms with E-state index in [4.69, 9.17) is 28.3 Å². The zero-order valence-electron chi connectivity index (χ0n) is 14.8. The van der Waals surface area contributed by atoms with Gasteiger partial charge in [-0.05, 0) is 48.2 Å². The Morgan fingerprint density at radius 2 is 1.77 bits per heavy atom. The Balaban J connectivity index is 1.63. The summed E-state index contributed by atoms with van der Waals surface area (Å²) in [7, 11) is 0. The highest BCUT2D eigenvalue weighted by molar-refractivity contribution is 7.98. The molecular weight excluding hydrogens is 389 g/mol. The number of halogens is 2. The zero-order valence-corrected chi connectivity index (χ0v) is 17.1. The standard InChI is InChI=1S/C20H21Cl2NO2S/c1-12-5-15(8-23-9-16(10-23)20(24)25)6-13(2)19(12)26-11-14-3-4-17(21)18(22)7-14/h3-7,16H,8-11H2,1-2H3,(H,24,25). The van der Waals surface area contributed by atoms with E-state index < -0.39 is 5.97 Å². The summed E-state index contributed by atoms with van der Waals surface area (Å²) in [6.45, 7) is 6.35. The van der Waals surface area contributed by atoms with Crippen molar-refractivity contribution in [3.63, 3.8) is 0 Å². The van der Waals surface area contributed by atoms with Crippen LogP contribution in [0.5, 0.6) is 0 Å². The van der Waals surface area contributed by atoms with Crippen LogP contribution < -0.4 is 0 Å². The molecule has 2 aromatic rings. The number of thioether (sulfide) groups is 1. The van der Waals surface area contributed by atoms with Gasteiger partial charge in [0.2, 0.25) is 0 Å². The van der Waals surface area contributed by atoms with E-state index in [2.05, 4.69) is 30.9 Å². The van der Waals surface area contributed by atoms with Crippen molar-refractivity contribution in [1.29, 1.82) is 0 Å². The first-order valence-electron chi connectivity index (χ1n) is 8.45. The first-order chi connectivity index (χ1) is 12.3. The third-order valence-corrected chi connectivity index (χ3v) is 6.75. The molecule has 1 N–H and O–H groups in total. The number of likely N-dealkylation sites (tertiary alicyclic amines) is 1. The summed E-state index contributed by atoms with van der Waals surface area (Å²) in [5.41, 5.74) is 4.89. The number of benzene rings is 2. The molecule has 6 heteroatoms. The number of carbonyl (C=O) groups is 1. The lowest BCUT2D eigenvalue weighted by molar-refractivity contribution is -0.147. The van der Waals surface area contributed by atoms with Gasteiger partial charge in [-0.3, -0.25) is 9.69 Å². The van der Waals surface area contributed by atoms with E-state index in [1.165, 1.54) is 21.6 Å². The molecule has 0 atom stereocenters. The average Bonchev–Trinajstić information content (AvgIpc) is 2.52. The summed E-state index contributed by atoms with van der Waals surface area (Å²) in [4.78, 5) is 14.4. The molecule has 26 heavy (non-hydrogen) atoms. The lowest BCUT2D eigenvalue weighted by Crippen LogP contribution is -2.49. The molecule has 1 saturated heterocycles. The minimum Gasteiger partial charge on any atom is -0.481 e. The molecule has 0 saturated carbocycles. The Morgan fingerprint density at radius 3 is 2.35 bits per heavy atom. The van der Waals surface area contributed by atoms with Crippen LogP contribution in [0.1, 0.15) is 22.3 Å². The van der Waals surface area contributed by atoms with Gasteiger partial charge in [0.1, 0.15) is 0 Å². The Kier molecular flexibility index (Phi) is 6.18. The van der Waals surface area contributed by atoms with Crippen LogP contribution in [0, 0.1) is 19.8 Å². The van der Waals surface area contributed by atoms with Gasteiger partial charge in [-0.25, -0.2) is 0 Å². The zero-order chi connectivity index (χ0) is 18.8. The highest BCUT2D eigenvalue weighted by atomic mass is 35.5. The minimum absolute atomic E-state index is 0.210. The van der Waals surface area contributed by atoms with Gasteiger partial charge in [0.05, 0.1) is 16.0 Å². The van der Waals surface area contributed by atoms with Crippen LogP contribution in [0.4, 0.5) is 0 Å². The van der Waals surface area contributed by atoms with Crippen LogP contribution in [0.25, 0.3) is 0 Å². The van der Waals surface area contributed by atoms with E-state index in [1.54, 1.807) is 11.8 Å². The second-order valence-corrected chi connectivity index (χ2v) is 8.63. The predicted octanol–water partition coefficient (Wildman–Crippen LogP) is 5.42. The molecule has 0 aromatic heterocycles. The molecule has 1 aliphatic rings. The third kappa shape index (κ3) is 4.55. The van der Waals surface area contributed by atoms with E-state index in [0.717, 1.165) is 17.9 Å². The molecule has 0 spiro atoms.